The highest BCUT2D eigenvalue weighted by atomic mass is 28.4. The topological polar surface area (TPSA) is 99.7 Å². The van der Waals surface area contributed by atoms with Crippen molar-refractivity contribution in [3.8, 4) is 11.9 Å². The van der Waals surface area contributed by atoms with Crippen LogP contribution in [-0.2, 0) is 4.43 Å². The van der Waals surface area contributed by atoms with E-state index in [0.29, 0.717) is 18.0 Å². The van der Waals surface area contributed by atoms with Gasteiger partial charge < -0.3 is 24.7 Å². The number of hydrogen-bond donors (Lipinski definition) is 2. The van der Waals surface area contributed by atoms with Gasteiger partial charge in [0.25, 0.3) is 0 Å². The number of aromatic nitrogens is 2. The number of nitrogens with two attached hydrogens (primary N) is 1. The zero-order chi connectivity index (χ0) is 18.5. The highest BCUT2D eigenvalue weighted by molar-refractivity contribution is 6.74. The number of nitrogens with zero attached hydrogens (tertiary/aromatic N) is 2. The van der Waals surface area contributed by atoms with Gasteiger partial charge in [0.2, 0.25) is 5.88 Å². The monoisotopic (exact) mass is 357 g/mol. The quantitative estimate of drug-likeness (QED) is 0.688. The smallest absolute Gasteiger partial charge is 0.319 e. The highest BCUT2D eigenvalue weighted by Gasteiger charge is 2.41. The Labute approximate surface area is 145 Å². The molecule has 0 aliphatic carbocycles. The van der Waals surface area contributed by atoms with Crippen molar-refractivity contribution in [2.45, 2.75) is 57.5 Å². The van der Waals surface area contributed by atoms with Crippen LogP contribution in [0.25, 0.3) is 0 Å². The van der Waals surface area contributed by atoms with E-state index in [4.69, 9.17) is 19.6 Å². The largest absolute Gasteiger partial charge is 0.481 e. The first-order chi connectivity index (χ1) is 11.1. The number of ether oxygens (including phenoxy) is 2. The van der Waals surface area contributed by atoms with E-state index in [-0.39, 0.29) is 17.7 Å². The maximum Gasteiger partial charge on any atom is 0.319 e. The number of aliphatic hydroxyl groups excluding tert-OH is 1. The van der Waals surface area contributed by atoms with E-state index in [0.717, 1.165) is 0 Å². The number of methoxy groups -OCH3 is 2. The van der Waals surface area contributed by atoms with Gasteiger partial charge in [-0.1, -0.05) is 20.8 Å². The summed E-state index contributed by atoms with van der Waals surface area (Å²) >= 11 is 0. The van der Waals surface area contributed by atoms with Gasteiger partial charge in [0.1, 0.15) is 6.10 Å². The van der Waals surface area contributed by atoms with Crippen molar-refractivity contribution in [2.24, 2.45) is 5.73 Å². The van der Waals surface area contributed by atoms with E-state index in [1.165, 1.54) is 14.2 Å². The summed E-state index contributed by atoms with van der Waals surface area (Å²) in [4.78, 5) is 8.51. The second-order valence-corrected chi connectivity index (χ2v) is 12.1. The van der Waals surface area contributed by atoms with Gasteiger partial charge in [-0.25, -0.2) is 0 Å². The molecule has 1 rings (SSSR count). The molecule has 0 aliphatic heterocycles. The van der Waals surface area contributed by atoms with Gasteiger partial charge in [-0.3, -0.25) is 0 Å². The average molecular weight is 358 g/mol. The normalized spacial score (nSPS) is 15.0. The lowest BCUT2D eigenvalue weighted by Crippen LogP contribution is -2.46. The molecule has 138 valence electrons. The molecule has 0 saturated carbocycles. The number of aliphatic hydroxyl groups is 1. The van der Waals surface area contributed by atoms with Gasteiger partial charge in [0.05, 0.1) is 19.9 Å². The molecule has 1 aromatic heterocycles. The molecule has 0 aromatic carbocycles. The van der Waals surface area contributed by atoms with Crippen LogP contribution in [0.5, 0.6) is 11.9 Å². The molecule has 1 heterocycles. The van der Waals surface area contributed by atoms with Gasteiger partial charge in [-0.05, 0) is 24.6 Å². The summed E-state index contributed by atoms with van der Waals surface area (Å²) in [6.45, 7) is 10.8. The fourth-order valence-corrected chi connectivity index (χ4v) is 3.21. The molecule has 24 heavy (non-hydrogen) atoms. The van der Waals surface area contributed by atoms with Crippen LogP contribution in [0.3, 0.4) is 0 Å². The second-order valence-electron chi connectivity index (χ2n) is 7.30. The van der Waals surface area contributed by atoms with Crippen molar-refractivity contribution in [3.63, 3.8) is 0 Å². The Morgan fingerprint density at radius 2 is 1.83 bits per heavy atom. The summed E-state index contributed by atoms with van der Waals surface area (Å²) < 4.78 is 16.9. The predicted octanol–water partition coefficient (Wildman–Crippen LogP) is 2.27. The van der Waals surface area contributed by atoms with Crippen molar-refractivity contribution in [2.75, 3.05) is 20.8 Å². The van der Waals surface area contributed by atoms with Crippen LogP contribution < -0.4 is 15.2 Å². The van der Waals surface area contributed by atoms with Crippen LogP contribution in [0.15, 0.2) is 6.07 Å². The molecule has 1 aromatic rings. The summed E-state index contributed by atoms with van der Waals surface area (Å²) in [7, 11) is 0.925. The van der Waals surface area contributed by atoms with Gasteiger partial charge in [0, 0.05) is 18.7 Å². The highest BCUT2D eigenvalue weighted by Crippen LogP contribution is 2.40. The van der Waals surface area contributed by atoms with Gasteiger partial charge in [0.15, 0.2) is 8.32 Å². The Hall–Kier alpha value is -1.22. The Kier molecular flexibility index (Phi) is 7.15. The van der Waals surface area contributed by atoms with E-state index in [2.05, 4.69) is 43.8 Å². The lowest BCUT2D eigenvalue weighted by molar-refractivity contribution is 0.131. The molecule has 0 fully saturated rings. The molecule has 0 bridgehead atoms. The third-order valence-electron chi connectivity index (χ3n) is 4.46. The van der Waals surface area contributed by atoms with Crippen LogP contribution in [-0.4, -0.2) is 50.3 Å². The molecule has 0 aliphatic rings. The van der Waals surface area contributed by atoms with Gasteiger partial charge >= 0.3 is 6.01 Å². The molecule has 7 nitrogen and oxygen atoms in total. The van der Waals surface area contributed by atoms with E-state index in [1.54, 1.807) is 6.07 Å². The summed E-state index contributed by atoms with van der Waals surface area (Å²) in [5.74, 6) is 0.386. The first-order valence-electron chi connectivity index (χ1n) is 8.07. The van der Waals surface area contributed by atoms with Crippen molar-refractivity contribution in [3.05, 3.63) is 11.8 Å². The minimum absolute atomic E-state index is 0.0160. The van der Waals surface area contributed by atoms with Crippen LogP contribution in [0, 0.1) is 0 Å². The SMILES string of the molecule is COc1cc([C@@H](O[Si](C)(C)C(C)(C)C)[C@H](N)CCO)nc(OC)n1. The lowest BCUT2D eigenvalue weighted by atomic mass is 10.1. The first kappa shape index (κ1) is 20.8. The zero-order valence-corrected chi connectivity index (χ0v) is 16.8. The van der Waals surface area contributed by atoms with E-state index < -0.39 is 20.5 Å². The Morgan fingerprint density at radius 3 is 2.29 bits per heavy atom. The predicted molar refractivity (Wildman–Crippen MR) is 95.8 cm³/mol. The lowest BCUT2D eigenvalue weighted by Gasteiger charge is -2.40. The van der Waals surface area contributed by atoms with Crippen LogP contribution >= 0.6 is 0 Å². The summed E-state index contributed by atoms with van der Waals surface area (Å²) in [6.07, 6.45) is -0.0580. The molecule has 8 heteroatoms. The van der Waals surface area contributed by atoms with E-state index in [1.807, 2.05) is 0 Å². The minimum Gasteiger partial charge on any atom is -0.481 e. The maximum absolute atomic E-state index is 9.29. The molecule has 0 spiro atoms. The molecule has 0 amide bonds. The fraction of sp³-hybridized carbons (Fsp3) is 0.750. The molecule has 2 atom stereocenters. The molecular weight excluding hydrogens is 326 g/mol. The molecule has 3 N–H and O–H groups in total. The zero-order valence-electron chi connectivity index (χ0n) is 15.8. The Balaban J connectivity index is 3.29. The standard InChI is InChI=1S/C16H31N3O4Si/c1-16(2,3)24(6,7)23-14(11(17)8-9-20)12-10-13(21-4)19-15(18-12)22-5/h10-11,14,20H,8-9,17H2,1-7H3/t11-,14+/m1/s1. The van der Waals surface area contributed by atoms with Gasteiger partial charge in [-0.2, -0.15) is 9.97 Å². The maximum atomic E-state index is 9.29. The first-order valence-corrected chi connectivity index (χ1v) is 11.0. The van der Waals surface area contributed by atoms with E-state index in [9.17, 15) is 5.11 Å². The average Bonchev–Trinajstić information content (AvgIpc) is 2.51. The third-order valence-corrected chi connectivity index (χ3v) is 8.92. The van der Waals surface area contributed by atoms with Crippen molar-refractivity contribution < 1.29 is 19.0 Å². The Bertz CT molecular complexity index is 512. The molecular formula is C16H31N3O4Si. The van der Waals surface area contributed by atoms with Crippen LogP contribution in [0.2, 0.25) is 18.1 Å². The molecule has 0 saturated heterocycles. The molecule has 0 unspecified atom stereocenters. The van der Waals surface area contributed by atoms with Crippen molar-refractivity contribution >= 4 is 8.32 Å². The fourth-order valence-electron chi connectivity index (χ4n) is 1.92. The van der Waals surface area contributed by atoms with Crippen molar-refractivity contribution in [1.29, 1.82) is 0 Å². The summed E-state index contributed by atoms with van der Waals surface area (Å²) in [5, 5.41) is 9.31. The van der Waals surface area contributed by atoms with Gasteiger partial charge in [-0.15, -0.1) is 0 Å². The third kappa shape index (κ3) is 5.14. The Morgan fingerprint density at radius 1 is 1.21 bits per heavy atom. The minimum atomic E-state index is -2.10. The summed E-state index contributed by atoms with van der Waals surface area (Å²) in [6, 6.07) is 1.51. The summed E-state index contributed by atoms with van der Waals surface area (Å²) in [5.41, 5.74) is 6.89. The second kappa shape index (κ2) is 8.24. The van der Waals surface area contributed by atoms with Crippen LogP contribution in [0.1, 0.15) is 39.0 Å². The number of rotatable bonds is 8. The van der Waals surface area contributed by atoms with Crippen LogP contribution in [0.4, 0.5) is 0 Å². The van der Waals surface area contributed by atoms with Crippen molar-refractivity contribution in [1.82, 2.24) is 9.97 Å². The molecule has 0 radical (unpaired) electrons. The van der Waals surface area contributed by atoms with E-state index >= 15 is 0 Å². The number of hydrogen-bond acceptors (Lipinski definition) is 7.